The standard InChI is InChI=1S/C12H16O3/c1-4-5-6-15-12-8-10(13-2)7-11(9-12)14-3/h4-5,7-9H,6H2,1-3H3/b5-4+. The Balaban J connectivity index is 2.77. The zero-order chi connectivity index (χ0) is 11.1. The summed E-state index contributed by atoms with van der Waals surface area (Å²) < 4.78 is 15.7. The van der Waals surface area contributed by atoms with Gasteiger partial charge in [0.15, 0.2) is 0 Å². The summed E-state index contributed by atoms with van der Waals surface area (Å²) in [6.07, 6.45) is 3.88. The molecule has 0 spiro atoms. The second kappa shape index (κ2) is 5.96. The monoisotopic (exact) mass is 208 g/mol. The molecular formula is C12H16O3. The molecule has 0 amide bonds. The van der Waals surface area contributed by atoms with Gasteiger partial charge < -0.3 is 14.2 Å². The van der Waals surface area contributed by atoms with Crippen LogP contribution in [0.4, 0.5) is 0 Å². The molecule has 1 rings (SSSR count). The molecule has 0 saturated heterocycles. The number of ether oxygens (including phenoxy) is 3. The Kier molecular flexibility index (Phi) is 4.54. The Labute approximate surface area is 90.3 Å². The molecular weight excluding hydrogens is 192 g/mol. The summed E-state index contributed by atoms with van der Waals surface area (Å²) in [4.78, 5) is 0. The lowest BCUT2D eigenvalue weighted by Crippen LogP contribution is -1.95. The Morgan fingerprint density at radius 2 is 1.53 bits per heavy atom. The molecule has 0 aliphatic carbocycles. The summed E-state index contributed by atoms with van der Waals surface area (Å²) in [7, 11) is 3.23. The van der Waals surface area contributed by atoms with Gasteiger partial charge in [0.05, 0.1) is 14.2 Å². The molecule has 3 nitrogen and oxygen atoms in total. The average Bonchev–Trinajstić information content (AvgIpc) is 2.29. The third-order valence-corrected chi connectivity index (χ3v) is 1.91. The fourth-order valence-corrected chi connectivity index (χ4v) is 1.11. The van der Waals surface area contributed by atoms with Crippen LogP contribution in [0.1, 0.15) is 6.92 Å². The van der Waals surface area contributed by atoms with Crippen molar-refractivity contribution in [2.75, 3.05) is 20.8 Å². The normalized spacial score (nSPS) is 10.3. The number of hydrogen-bond acceptors (Lipinski definition) is 3. The second-order valence-corrected chi connectivity index (χ2v) is 2.93. The molecule has 0 N–H and O–H groups in total. The Bertz CT molecular complexity index is 309. The fourth-order valence-electron chi connectivity index (χ4n) is 1.11. The van der Waals surface area contributed by atoms with E-state index in [1.54, 1.807) is 14.2 Å². The summed E-state index contributed by atoms with van der Waals surface area (Å²) >= 11 is 0. The van der Waals surface area contributed by atoms with E-state index < -0.39 is 0 Å². The lowest BCUT2D eigenvalue weighted by Gasteiger charge is -2.08. The van der Waals surface area contributed by atoms with Gasteiger partial charge in [0, 0.05) is 18.2 Å². The largest absolute Gasteiger partial charge is 0.496 e. The SMILES string of the molecule is C/C=C/COc1cc(OC)cc(OC)c1. The molecule has 0 aliphatic rings. The van der Waals surface area contributed by atoms with Crippen LogP contribution in [0.5, 0.6) is 17.2 Å². The molecule has 3 heteroatoms. The van der Waals surface area contributed by atoms with Crippen LogP contribution in [-0.2, 0) is 0 Å². The van der Waals surface area contributed by atoms with E-state index in [-0.39, 0.29) is 0 Å². The van der Waals surface area contributed by atoms with Crippen molar-refractivity contribution in [1.29, 1.82) is 0 Å². The minimum absolute atomic E-state index is 0.548. The molecule has 0 heterocycles. The van der Waals surface area contributed by atoms with Gasteiger partial charge in [-0.25, -0.2) is 0 Å². The first kappa shape index (κ1) is 11.4. The molecule has 0 unspecified atom stereocenters. The van der Waals surface area contributed by atoms with Crippen molar-refractivity contribution in [2.45, 2.75) is 6.92 Å². The lowest BCUT2D eigenvalue weighted by atomic mass is 10.3. The lowest BCUT2D eigenvalue weighted by molar-refractivity contribution is 0.348. The summed E-state index contributed by atoms with van der Waals surface area (Å²) in [6, 6.07) is 5.46. The maximum atomic E-state index is 5.48. The van der Waals surface area contributed by atoms with Crippen LogP contribution in [0.15, 0.2) is 30.4 Å². The highest BCUT2D eigenvalue weighted by molar-refractivity contribution is 5.42. The highest BCUT2D eigenvalue weighted by atomic mass is 16.5. The van der Waals surface area contributed by atoms with E-state index in [1.807, 2.05) is 37.3 Å². The minimum Gasteiger partial charge on any atom is -0.496 e. The van der Waals surface area contributed by atoms with Gasteiger partial charge in [-0.2, -0.15) is 0 Å². The van der Waals surface area contributed by atoms with Crippen LogP contribution in [-0.4, -0.2) is 20.8 Å². The molecule has 0 radical (unpaired) electrons. The third kappa shape index (κ3) is 3.54. The molecule has 0 saturated carbocycles. The van der Waals surface area contributed by atoms with Gasteiger partial charge in [0.2, 0.25) is 0 Å². The maximum Gasteiger partial charge on any atom is 0.127 e. The molecule has 1 aromatic rings. The van der Waals surface area contributed by atoms with Crippen molar-refractivity contribution in [2.24, 2.45) is 0 Å². The van der Waals surface area contributed by atoms with E-state index in [0.717, 1.165) is 17.2 Å². The van der Waals surface area contributed by atoms with Crippen LogP contribution in [0, 0.1) is 0 Å². The molecule has 1 aromatic carbocycles. The number of methoxy groups -OCH3 is 2. The zero-order valence-electron chi connectivity index (χ0n) is 9.32. The minimum atomic E-state index is 0.548. The van der Waals surface area contributed by atoms with Crippen molar-refractivity contribution >= 4 is 0 Å². The number of rotatable bonds is 5. The van der Waals surface area contributed by atoms with Crippen LogP contribution >= 0.6 is 0 Å². The highest BCUT2D eigenvalue weighted by Gasteiger charge is 2.01. The van der Waals surface area contributed by atoms with E-state index in [2.05, 4.69) is 0 Å². The first-order valence-electron chi connectivity index (χ1n) is 4.77. The smallest absolute Gasteiger partial charge is 0.127 e. The van der Waals surface area contributed by atoms with Crippen molar-refractivity contribution in [3.63, 3.8) is 0 Å². The number of allylic oxidation sites excluding steroid dienone is 1. The molecule has 0 atom stereocenters. The average molecular weight is 208 g/mol. The van der Waals surface area contributed by atoms with Gasteiger partial charge in [-0.15, -0.1) is 0 Å². The Hall–Kier alpha value is -1.64. The van der Waals surface area contributed by atoms with Crippen LogP contribution in [0.3, 0.4) is 0 Å². The quantitative estimate of drug-likeness (QED) is 0.696. The van der Waals surface area contributed by atoms with E-state index >= 15 is 0 Å². The molecule has 0 aromatic heterocycles. The molecule has 0 bridgehead atoms. The van der Waals surface area contributed by atoms with E-state index in [0.29, 0.717) is 6.61 Å². The van der Waals surface area contributed by atoms with Crippen molar-refractivity contribution < 1.29 is 14.2 Å². The van der Waals surface area contributed by atoms with Gasteiger partial charge in [-0.3, -0.25) is 0 Å². The van der Waals surface area contributed by atoms with Gasteiger partial charge in [0.1, 0.15) is 23.9 Å². The van der Waals surface area contributed by atoms with Crippen molar-refractivity contribution in [3.05, 3.63) is 30.4 Å². The third-order valence-electron chi connectivity index (χ3n) is 1.91. The van der Waals surface area contributed by atoms with Crippen molar-refractivity contribution in [3.8, 4) is 17.2 Å². The van der Waals surface area contributed by atoms with Gasteiger partial charge in [0.25, 0.3) is 0 Å². The zero-order valence-corrected chi connectivity index (χ0v) is 9.32. The van der Waals surface area contributed by atoms with E-state index in [4.69, 9.17) is 14.2 Å². The first-order valence-corrected chi connectivity index (χ1v) is 4.77. The van der Waals surface area contributed by atoms with Crippen LogP contribution in [0.25, 0.3) is 0 Å². The van der Waals surface area contributed by atoms with Gasteiger partial charge in [-0.1, -0.05) is 12.2 Å². The van der Waals surface area contributed by atoms with Gasteiger partial charge in [-0.05, 0) is 6.92 Å². The summed E-state index contributed by atoms with van der Waals surface area (Å²) in [5.74, 6) is 2.19. The maximum absolute atomic E-state index is 5.48. The Morgan fingerprint density at radius 3 is 2.00 bits per heavy atom. The molecule has 0 fully saturated rings. The van der Waals surface area contributed by atoms with Crippen LogP contribution in [0.2, 0.25) is 0 Å². The predicted molar refractivity (Wildman–Crippen MR) is 59.9 cm³/mol. The van der Waals surface area contributed by atoms with E-state index in [9.17, 15) is 0 Å². The second-order valence-electron chi connectivity index (χ2n) is 2.93. The highest BCUT2D eigenvalue weighted by Crippen LogP contribution is 2.27. The van der Waals surface area contributed by atoms with Crippen LogP contribution < -0.4 is 14.2 Å². The van der Waals surface area contributed by atoms with E-state index in [1.165, 1.54) is 0 Å². The molecule has 82 valence electrons. The van der Waals surface area contributed by atoms with Crippen molar-refractivity contribution in [1.82, 2.24) is 0 Å². The first-order chi connectivity index (χ1) is 7.30. The topological polar surface area (TPSA) is 27.7 Å². The number of benzene rings is 1. The predicted octanol–water partition coefficient (Wildman–Crippen LogP) is 2.66. The number of hydrogen-bond donors (Lipinski definition) is 0. The fraction of sp³-hybridized carbons (Fsp3) is 0.333. The summed E-state index contributed by atoms with van der Waals surface area (Å²) in [5, 5.41) is 0. The molecule has 0 aliphatic heterocycles. The molecule has 15 heavy (non-hydrogen) atoms. The Morgan fingerprint density at radius 1 is 1.00 bits per heavy atom. The van der Waals surface area contributed by atoms with Gasteiger partial charge >= 0.3 is 0 Å². The summed E-state index contributed by atoms with van der Waals surface area (Å²) in [5.41, 5.74) is 0. The summed E-state index contributed by atoms with van der Waals surface area (Å²) in [6.45, 7) is 2.50.